The summed E-state index contributed by atoms with van der Waals surface area (Å²) in [6.07, 6.45) is 0. The van der Waals surface area contributed by atoms with Gasteiger partial charge in [-0.2, -0.15) is 0 Å². The van der Waals surface area contributed by atoms with Gasteiger partial charge in [0.05, 0.1) is 0 Å². The molecule has 0 heterocycles. The highest BCUT2D eigenvalue weighted by Crippen LogP contribution is 1.10. The molecule has 0 aliphatic carbocycles. The van der Waals surface area contributed by atoms with E-state index in [0.717, 1.165) is 0 Å². The first-order valence-electron chi connectivity index (χ1n) is 0.955. The van der Waals surface area contributed by atoms with Crippen molar-refractivity contribution in [1.29, 1.82) is 0 Å². The van der Waals surface area contributed by atoms with Crippen LogP contribution in [0.2, 0.25) is 0 Å². The fourth-order valence-electron chi connectivity index (χ4n) is 0. The van der Waals surface area contributed by atoms with E-state index in [4.69, 9.17) is 0 Å². The number of nitrogens with two attached hydrogens (primary N) is 1. The zero-order valence-corrected chi connectivity index (χ0v) is 2.96. The molecule has 0 spiro atoms. The van der Waals surface area contributed by atoms with E-state index in [1.54, 1.807) is 0 Å². The molecule has 0 rings (SSSR count). The molecule has 0 saturated carbocycles. The highest BCUT2D eigenvalue weighted by molar-refractivity contribution is 5.96. The Morgan fingerprint density at radius 1 is 1.50 bits per heavy atom. The van der Waals surface area contributed by atoms with Gasteiger partial charge in [0.2, 0.25) is 0 Å². The minimum atomic E-state index is 0.500. The summed E-state index contributed by atoms with van der Waals surface area (Å²) in [7, 11) is 2.00. The smallest absolute Gasteiger partial charge is 0.314 e. The van der Waals surface area contributed by atoms with Crippen LogP contribution in [-0.2, 0) is 0 Å². The second-order valence-corrected chi connectivity index (χ2v) is 0. The number of hydrogen-bond donors (Lipinski definition) is 1. The van der Waals surface area contributed by atoms with Crippen molar-refractivity contribution in [2.45, 2.75) is 0 Å². The lowest BCUT2D eigenvalue weighted by atomic mass is 10.7. The SMILES string of the molecule is BF.CN. The molecule has 3 heteroatoms. The van der Waals surface area contributed by atoms with E-state index in [1.807, 2.05) is 0 Å². The van der Waals surface area contributed by atoms with Gasteiger partial charge in [-0.25, -0.2) is 0 Å². The Bertz CT molecular complexity index is 8.00. The first-order chi connectivity index (χ1) is 2.00. The second-order valence-electron chi connectivity index (χ2n) is 0. The molecule has 0 fully saturated rings. The Hall–Kier alpha value is -0.0451. The molecule has 0 saturated heterocycles. The van der Waals surface area contributed by atoms with E-state index >= 15 is 0 Å². The summed E-state index contributed by atoms with van der Waals surface area (Å²) >= 11 is 0. The maximum Gasteiger partial charge on any atom is 0.314 e. The van der Waals surface area contributed by atoms with Crippen LogP contribution in [0, 0.1) is 0 Å². The van der Waals surface area contributed by atoms with Gasteiger partial charge in [0.15, 0.2) is 0 Å². The third-order valence-corrected chi connectivity index (χ3v) is 0. The molecule has 0 aromatic heterocycles. The summed E-state index contributed by atoms with van der Waals surface area (Å²) in [6, 6.07) is 0. The molecule has 0 radical (unpaired) electrons. The van der Waals surface area contributed by atoms with Gasteiger partial charge >= 0.3 is 8.12 Å². The molecule has 0 unspecified atom stereocenters. The fraction of sp³-hybridized carbons (Fsp3) is 1.00. The Morgan fingerprint density at radius 2 is 1.50 bits per heavy atom. The van der Waals surface area contributed by atoms with Crippen LogP contribution in [0.5, 0.6) is 0 Å². The maximum atomic E-state index is 9.50. The van der Waals surface area contributed by atoms with Gasteiger partial charge in [0.1, 0.15) is 0 Å². The molecule has 0 aromatic rings. The first kappa shape index (κ1) is 9.04. The van der Waals surface area contributed by atoms with Crippen molar-refractivity contribution in [3.8, 4) is 0 Å². The van der Waals surface area contributed by atoms with Crippen LogP contribution in [0.3, 0.4) is 0 Å². The lowest BCUT2D eigenvalue weighted by molar-refractivity contribution is 0.902. The molecule has 0 aromatic carbocycles. The molecule has 4 heavy (non-hydrogen) atoms. The topological polar surface area (TPSA) is 26.0 Å². The fourth-order valence-corrected chi connectivity index (χ4v) is 0. The molecule has 0 amide bonds. The van der Waals surface area contributed by atoms with Crippen molar-refractivity contribution in [1.82, 2.24) is 0 Å². The van der Waals surface area contributed by atoms with Crippen molar-refractivity contribution in [3.63, 3.8) is 0 Å². The number of hydrogen-bond acceptors (Lipinski definition) is 1. The summed E-state index contributed by atoms with van der Waals surface area (Å²) in [5.74, 6) is 0. The lowest BCUT2D eigenvalue weighted by Gasteiger charge is -1.19. The van der Waals surface area contributed by atoms with E-state index in [-0.39, 0.29) is 0 Å². The van der Waals surface area contributed by atoms with Crippen LogP contribution in [0.4, 0.5) is 4.32 Å². The Balaban J connectivity index is 0. The zero-order chi connectivity index (χ0) is 4.00. The van der Waals surface area contributed by atoms with Crippen molar-refractivity contribution < 1.29 is 4.32 Å². The maximum absolute atomic E-state index is 9.50. The summed E-state index contributed by atoms with van der Waals surface area (Å²) in [4.78, 5) is 0. The van der Waals surface area contributed by atoms with Crippen molar-refractivity contribution in [3.05, 3.63) is 0 Å². The minimum absolute atomic E-state index is 0.500. The molecule has 26 valence electrons. The highest BCUT2D eigenvalue weighted by atomic mass is 19.1. The summed E-state index contributed by atoms with van der Waals surface area (Å²) in [5.41, 5.74) is 4.50. The predicted molar refractivity (Wildman–Crippen MR) is 19.8 cm³/mol. The first-order valence-corrected chi connectivity index (χ1v) is 0.955. The van der Waals surface area contributed by atoms with Crippen LogP contribution < -0.4 is 5.73 Å². The van der Waals surface area contributed by atoms with Crippen LogP contribution in [0.25, 0.3) is 0 Å². The van der Waals surface area contributed by atoms with Gasteiger partial charge in [0.25, 0.3) is 0 Å². The molecule has 0 bridgehead atoms. The van der Waals surface area contributed by atoms with Gasteiger partial charge in [-0.1, -0.05) is 0 Å². The summed E-state index contributed by atoms with van der Waals surface area (Å²) < 4.78 is 9.50. The number of halogens is 1. The molecule has 0 aliphatic heterocycles. The average Bonchev–Trinajstić information content (AvgIpc) is 1.50. The molecule has 2 N–H and O–H groups in total. The van der Waals surface area contributed by atoms with E-state index in [1.165, 1.54) is 7.05 Å². The third-order valence-electron chi connectivity index (χ3n) is 0. The van der Waals surface area contributed by atoms with Gasteiger partial charge in [0, 0.05) is 0 Å². The van der Waals surface area contributed by atoms with Crippen molar-refractivity contribution in [2.75, 3.05) is 7.05 Å². The van der Waals surface area contributed by atoms with Gasteiger partial charge < -0.3 is 10.0 Å². The lowest BCUT2D eigenvalue weighted by Crippen LogP contribution is -1.69. The molecular weight excluding hydrogens is 55.8 g/mol. The Labute approximate surface area is 26.5 Å². The van der Waals surface area contributed by atoms with E-state index < -0.39 is 0 Å². The molecular formula is CH7BFN. The molecule has 1 nitrogen and oxygen atoms in total. The van der Waals surface area contributed by atoms with Gasteiger partial charge in [-0.3, -0.25) is 0 Å². The molecule has 0 aliphatic rings. The third kappa shape index (κ3) is 878. The van der Waals surface area contributed by atoms with Gasteiger partial charge in [-0.05, 0) is 7.05 Å². The van der Waals surface area contributed by atoms with E-state index in [0.29, 0.717) is 8.12 Å². The number of rotatable bonds is 0. The van der Waals surface area contributed by atoms with Crippen LogP contribution in [-0.4, -0.2) is 15.2 Å². The quantitative estimate of drug-likeness (QED) is 0.361. The predicted octanol–water partition coefficient (Wildman–Crippen LogP) is -0.921. The standard InChI is InChI=1S/CH5N.BFH2/c2*1-2/h2H2,1H3;1H2. The summed E-state index contributed by atoms with van der Waals surface area (Å²) in [6.45, 7) is 0. The Morgan fingerprint density at radius 3 is 1.50 bits per heavy atom. The second kappa shape index (κ2) is 5560. The van der Waals surface area contributed by atoms with Crippen LogP contribution in [0.1, 0.15) is 0 Å². The monoisotopic (exact) mass is 63.1 g/mol. The van der Waals surface area contributed by atoms with Crippen LogP contribution >= 0.6 is 0 Å². The summed E-state index contributed by atoms with van der Waals surface area (Å²) in [5, 5.41) is 0. The van der Waals surface area contributed by atoms with E-state index in [2.05, 4.69) is 5.73 Å². The average molecular weight is 62.9 g/mol. The highest BCUT2D eigenvalue weighted by Gasteiger charge is 1.04. The van der Waals surface area contributed by atoms with Crippen molar-refractivity contribution >= 4 is 8.12 Å². The van der Waals surface area contributed by atoms with E-state index in [9.17, 15) is 4.32 Å². The van der Waals surface area contributed by atoms with Gasteiger partial charge in [-0.15, -0.1) is 0 Å². The normalized spacial score (nSPS) is 2.75. The Kier molecular flexibility index (Phi) is 12600. The zero-order valence-electron chi connectivity index (χ0n) is 2.96. The van der Waals surface area contributed by atoms with Crippen molar-refractivity contribution in [2.24, 2.45) is 5.73 Å². The largest absolute Gasteiger partial charge is 0.347 e. The molecule has 0 atom stereocenters. The minimum Gasteiger partial charge on any atom is -0.347 e. The van der Waals surface area contributed by atoms with Crippen LogP contribution in [0.15, 0.2) is 0 Å².